The molecule has 4 nitrogen and oxygen atoms in total. The number of hydrogen-bond donors (Lipinski definition) is 2. The van der Waals surface area contributed by atoms with Gasteiger partial charge in [-0.2, -0.15) is 0 Å². The van der Waals surface area contributed by atoms with Gasteiger partial charge in [0.15, 0.2) is 6.10 Å². The molecule has 0 radical (unpaired) electrons. The van der Waals surface area contributed by atoms with Crippen LogP contribution in [0.15, 0.2) is 48.5 Å². The lowest BCUT2D eigenvalue weighted by Gasteiger charge is -2.11. The Bertz CT molecular complexity index is 590. The molecule has 2 aromatic carbocycles. The average Bonchev–Trinajstić information content (AvgIpc) is 2.54. The Balaban J connectivity index is 2.16. The Kier molecular flexibility index (Phi) is 4.95. The Morgan fingerprint density at radius 3 is 2.10 bits per heavy atom. The zero-order valence-corrected chi connectivity index (χ0v) is 12.2. The van der Waals surface area contributed by atoms with E-state index in [1.54, 1.807) is 19.1 Å². The number of hydrogen-bond acceptors (Lipinski definition) is 4. The monoisotopic (exact) mass is 285 g/mol. The van der Waals surface area contributed by atoms with Crippen LogP contribution < -0.4 is 5.32 Å². The summed E-state index contributed by atoms with van der Waals surface area (Å²) in [5.41, 5.74) is 3.68. The van der Waals surface area contributed by atoms with Crippen molar-refractivity contribution in [2.75, 3.05) is 19.0 Å². The second-order valence-electron chi connectivity index (χ2n) is 4.60. The number of nitrogens with one attached hydrogen (secondary N) is 1. The Morgan fingerprint density at radius 1 is 1.10 bits per heavy atom. The maximum atomic E-state index is 11.5. The molecule has 0 bridgehead atoms. The average molecular weight is 285 g/mol. The summed E-state index contributed by atoms with van der Waals surface area (Å²) in [6.45, 7) is 1.97. The summed E-state index contributed by atoms with van der Waals surface area (Å²) in [7, 11) is 1.88. The van der Waals surface area contributed by atoms with E-state index in [-0.39, 0.29) is 6.61 Å². The van der Waals surface area contributed by atoms with Gasteiger partial charge < -0.3 is 15.2 Å². The number of carbonyl (C=O) groups excluding carboxylic acids is 1. The third kappa shape index (κ3) is 3.61. The number of esters is 1. The minimum absolute atomic E-state index is 0.256. The fraction of sp³-hybridized carbons (Fsp3) is 0.235. The molecule has 0 spiro atoms. The van der Waals surface area contributed by atoms with Gasteiger partial charge in [-0.05, 0) is 35.7 Å². The topological polar surface area (TPSA) is 58.6 Å². The molecule has 0 amide bonds. The van der Waals surface area contributed by atoms with Gasteiger partial charge in [-0.3, -0.25) is 0 Å². The Morgan fingerprint density at radius 2 is 1.62 bits per heavy atom. The number of aliphatic hydroxyl groups is 1. The summed E-state index contributed by atoms with van der Waals surface area (Å²) < 4.78 is 4.80. The van der Waals surface area contributed by atoms with E-state index in [9.17, 15) is 9.90 Å². The van der Waals surface area contributed by atoms with E-state index in [4.69, 9.17) is 4.74 Å². The fourth-order valence-electron chi connectivity index (χ4n) is 2.04. The standard InChI is InChI=1S/C17H19NO3/c1-3-21-17(20)16(19)14-6-4-12(5-7-14)13-8-10-15(18-2)11-9-13/h4-11,16,18-19H,3H2,1-2H3. The lowest BCUT2D eigenvalue weighted by molar-refractivity contribution is -0.153. The molecular formula is C17H19NO3. The molecular weight excluding hydrogens is 266 g/mol. The summed E-state index contributed by atoms with van der Waals surface area (Å²) in [6, 6.07) is 15.3. The van der Waals surface area contributed by atoms with Crippen LogP contribution in [-0.2, 0) is 9.53 Å². The molecule has 2 N–H and O–H groups in total. The summed E-state index contributed by atoms with van der Waals surface area (Å²) >= 11 is 0. The first kappa shape index (κ1) is 15.1. The van der Waals surface area contributed by atoms with E-state index in [0.29, 0.717) is 5.56 Å². The molecule has 21 heavy (non-hydrogen) atoms. The lowest BCUT2D eigenvalue weighted by atomic mass is 10.0. The highest BCUT2D eigenvalue weighted by atomic mass is 16.5. The summed E-state index contributed by atoms with van der Waals surface area (Å²) in [5, 5.41) is 12.9. The van der Waals surface area contributed by atoms with Gasteiger partial charge in [-0.25, -0.2) is 4.79 Å². The SMILES string of the molecule is CCOC(=O)C(O)c1ccc(-c2ccc(NC)cc2)cc1. The third-order valence-corrected chi connectivity index (χ3v) is 3.24. The Labute approximate surface area is 124 Å². The number of aliphatic hydroxyl groups excluding tert-OH is 1. The zero-order chi connectivity index (χ0) is 15.2. The highest BCUT2D eigenvalue weighted by molar-refractivity contribution is 5.76. The maximum absolute atomic E-state index is 11.5. The van der Waals surface area contributed by atoms with Crippen LogP contribution in [-0.4, -0.2) is 24.7 Å². The minimum Gasteiger partial charge on any atom is -0.464 e. The molecule has 0 aliphatic heterocycles. The number of anilines is 1. The minimum atomic E-state index is -1.23. The zero-order valence-electron chi connectivity index (χ0n) is 12.2. The molecule has 2 aromatic rings. The number of rotatable bonds is 5. The predicted octanol–water partition coefficient (Wildman–Crippen LogP) is 2.99. The van der Waals surface area contributed by atoms with Crippen molar-refractivity contribution >= 4 is 11.7 Å². The second-order valence-corrected chi connectivity index (χ2v) is 4.60. The number of carbonyl (C=O) groups is 1. The van der Waals surface area contributed by atoms with Crippen LogP contribution >= 0.6 is 0 Å². The van der Waals surface area contributed by atoms with Crippen LogP contribution in [0.25, 0.3) is 11.1 Å². The highest BCUT2D eigenvalue weighted by Crippen LogP contribution is 2.24. The second kappa shape index (κ2) is 6.90. The summed E-state index contributed by atoms with van der Waals surface area (Å²) in [6.07, 6.45) is -1.23. The van der Waals surface area contributed by atoms with Crippen molar-refractivity contribution in [1.29, 1.82) is 0 Å². The molecule has 4 heteroatoms. The van der Waals surface area contributed by atoms with Crippen molar-refractivity contribution in [1.82, 2.24) is 0 Å². The number of benzene rings is 2. The van der Waals surface area contributed by atoms with Crippen molar-refractivity contribution in [3.05, 3.63) is 54.1 Å². The van der Waals surface area contributed by atoms with E-state index in [1.807, 2.05) is 43.4 Å². The van der Waals surface area contributed by atoms with Gasteiger partial charge in [0.2, 0.25) is 0 Å². The van der Waals surface area contributed by atoms with Crippen molar-refractivity contribution < 1.29 is 14.6 Å². The third-order valence-electron chi connectivity index (χ3n) is 3.24. The van der Waals surface area contributed by atoms with Crippen molar-refractivity contribution in [2.45, 2.75) is 13.0 Å². The fourth-order valence-corrected chi connectivity index (χ4v) is 2.04. The van der Waals surface area contributed by atoms with Gasteiger partial charge in [-0.15, -0.1) is 0 Å². The van der Waals surface area contributed by atoms with Gasteiger partial charge >= 0.3 is 5.97 Å². The first-order chi connectivity index (χ1) is 10.2. The molecule has 0 saturated heterocycles. The first-order valence-electron chi connectivity index (χ1n) is 6.88. The Hall–Kier alpha value is -2.33. The molecule has 2 rings (SSSR count). The molecule has 1 unspecified atom stereocenters. The van der Waals surface area contributed by atoms with E-state index >= 15 is 0 Å². The van der Waals surface area contributed by atoms with Crippen LogP contribution in [0.3, 0.4) is 0 Å². The van der Waals surface area contributed by atoms with Crippen molar-refractivity contribution in [3.8, 4) is 11.1 Å². The van der Waals surface area contributed by atoms with Crippen LogP contribution in [0.5, 0.6) is 0 Å². The predicted molar refractivity (Wildman–Crippen MR) is 83.0 cm³/mol. The largest absolute Gasteiger partial charge is 0.464 e. The highest BCUT2D eigenvalue weighted by Gasteiger charge is 2.18. The van der Waals surface area contributed by atoms with Crippen LogP contribution in [0.1, 0.15) is 18.6 Å². The van der Waals surface area contributed by atoms with E-state index in [1.165, 1.54) is 0 Å². The molecule has 0 aliphatic carbocycles. The van der Waals surface area contributed by atoms with E-state index in [0.717, 1.165) is 16.8 Å². The molecule has 0 fully saturated rings. The van der Waals surface area contributed by atoms with Crippen molar-refractivity contribution in [2.24, 2.45) is 0 Å². The summed E-state index contributed by atoms with van der Waals surface area (Å²) in [5.74, 6) is -0.622. The molecule has 1 atom stereocenters. The van der Waals surface area contributed by atoms with Crippen LogP contribution in [0.2, 0.25) is 0 Å². The van der Waals surface area contributed by atoms with E-state index in [2.05, 4.69) is 5.32 Å². The first-order valence-corrected chi connectivity index (χ1v) is 6.88. The smallest absolute Gasteiger partial charge is 0.339 e. The molecule has 0 aliphatic rings. The van der Waals surface area contributed by atoms with Gasteiger partial charge in [0.25, 0.3) is 0 Å². The lowest BCUT2D eigenvalue weighted by Crippen LogP contribution is -2.15. The normalized spacial score (nSPS) is 11.8. The van der Waals surface area contributed by atoms with Gasteiger partial charge in [0, 0.05) is 12.7 Å². The molecule has 0 heterocycles. The molecule has 0 saturated carbocycles. The van der Waals surface area contributed by atoms with E-state index < -0.39 is 12.1 Å². The van der Waals surface area contributed by atoms with Gasteiger partial charge in [0.05, 0.1) is 6.61 Å². The molecule has 0 aromatic heterocycles. The maximum Gasteiger partial charge on any atom is 0.339 e. The quantitative estimate of drug-likeness (QED) is 0.829. The van der Waals surface area contributed by atoms with Gasteiger partial charge in [0.1, 0.15) is 0 Å². The van der Waals surface area contributed by atoms with Crippen LogP contribution in [0.4, 0.5) is 5.69 Å². The van der Waals surface area contributed by atoms with Crippen LogP contribution in [0, 0.1) is 0 Å². The van der Waals surface area contributed by atoms with Gasteiger partial charge in [-0.1, -0.05) is 36.4 Å². The number of ether oxygens (including phenoxy) is 1. The van der Waals surface area contributed by atoms with Crippen molar-refractivity contribution in [3.63, 3.8) is 0 Å². The summed E-state index contributed by atoms with van der Waals surface area (Å²) in [4.78, 5) is 11.5. The molecule has 110 valence electrons.